The van der Waals surface area contributed by atoms with Crippen molar-refractivity contribution in [3.63, 3.8) is 0 Å². The van der Waals surface area contributed by atoms with Crippen molar-refractivity contribution in [3.8, 4) is 0 Å². The standard InChI is InChI=1S/C14H21NO/c1-11(15)14(7-8-14)13-5-3-4-12(10-13)6-9-16-2/h3-5,10-11H,6-9,15H2,1-2H3. The van der Waals surface area contributed by atoms with Crippen LogP contribution in [-0.2, 0) is 16.6 Å². The summed E-state index contributed by atoms with van der Waals surface area (Å²) in [6.45, 7) is 2.91. The fourth-order valence-corrected chi connectivity index (χ4v) is 2.40. The van der Waals surface area contributed by atoms with E-state index in [0.29, 0.717) is 0 Å². The molecule has 0 heterocycles. The Kier molecular flexibility index (Phi) is 3.31. The van der Waals surface area contributed by atoms with Gasteiger partial charge >= 0.3 is 0 Å². The van der Waals surface area contributed by atoms with Crippen LogP contribution in [0.15, 0.2) is 24.3 Å². The molecular weight excluding hydrogens is 198 g/mol. The summed E-state index contributed by atoms with van der Waals surface area (Å²) in [5.41, 5.74) is 9.12. The largest absolute Gasteiger partial charge is 0.384 e. The van der Waals surface area contributed by atoms with Gasteiger partial charge < -0.3 is 10.5 Å². The molecule has 16 heavy (non-hydrogen) atoms. The van der Waals surface area contributed by atoms with E-state index in [0.717, 1.165) is 13.0 Å². The number of nitrogens with two attached hydrogens (primary N) is 1. The average Bonchev–Trinajstić information content (AvgIpc) is 3.08. The van der Waals surface area contributed by atoms with Gasteiger partial charge in [0.2, 0.25) is 0 Å². The third-order valence-corrected chi connectivity index (χ3v) is 3.76. The molecule has 2 rings (SSSR count). The molecule has 1 aromatic carbocycles. The molecule has 2 N–H and O–H groups in total. The van der Waals surface area contributed by atoms with Crippen LogP contribution >= 0.6 is 0 Å². The van der Waals surface area contributed by atoms with Gasteiger partial charge in [0.1, 0.15) is 0 Å². The zero-order valence-electron chi connectivity index (χ0n) is 10.2. The van der Waals surface area contributed by atoms with Gasteiger partial charge in [0.05, 0.1) is 6.61 Å². The van der Waals surface area contributed by atoms with Crippen LogP contribution < -0.4 is 5.73 Å². The van der Waals surface area contributed by atoms with Crippen molar-refractivity contribution in [2.24, 2.45) is 5.73 Å². The highest BCUT2D eigenvalue weighted by atomic mass is 16.5. The predicted octanol–water partition coefficient (Wildman–Crippen LogP) is 2.25. The van der Waals surface area contributed by atoms with Crippen LogP contribution in [-0.4, -0.2) is 19.8 Å². The van der Waals surface area contributed by atoms with Crippen LogP contribution in [0.4, 0.5) is 0 Å². The first-order valence-corrected chi connectivity index (χ1v) is 6.03. The van der Waals surface area contributed by atoms with Crippen LogP contribution in [0.1, 0.15) is 30.9 Å². The lowest BCUT2D eigenvalue weighted by atomic mass is 9.88. The van der Waals surface area contributed by atoms with E-state index in [4.69, 9.17) is 10.5 Å². The number of methoxy groups -OCH3 is 1. The van der Waals surface area contributed by atoms with E-state index >= 15 is 0 Å². The molecule has 0 saturated heterocycles. The molecule has 1 fully saturated rings. The Morgan fingerprint density at radius 3 is 2.75 bits per heavy atom. The maximum Gasteiger partial charge on any atom is 0.0502 e. The summed E-state index contributed by atoms with van der Waals surface area (Å²) in [4.78, 5) is 0. The molecule has 1 atom stereocenters. The summed E-state index contributed by atoms with van der Waals surface area (Å²) in [6.07, 6.45) is 3.45. The Bertz CT molecular complexity index is 356. The van der Waals surface area contributed by atoms with Crippen molar-refractivity contribution in [2.45, 2.75) is 37.6 Å². The van der Waals surface area contributed by atoms with E-state index in [1.165, 1.54) is 24.0 Å². The van der Waals surface area contributed by atoms with Gasteiger partial charge in [-0.25, -0.2) is 0 Å². The smallest absolute Gasteiger partial charge is 0.0502 e. The van der Waals surface area contributed by atoms with Crippen LogP contribution in [0.2, 0.25) is 0 Å². The van der Waals surface area contributed by atoms with E-state index in [-0.39, 0.29) is 11.5 Å². The normalized spacial score (nSPS) is 19.4. The molecule has 88 valence electrons. The summed E-state index contributed by atoms with van der Waals surface area (Å²) in [7, 11) is 1.74. The highest BCUT2D eigenvalue weighted by molar-refractivity contribution is 5.36. The van der Waals surface area contributed by atoms with E-state index < -0.39 is 0 Å². The molecule has 0 aromatic heterocycles. The van der Waals surface area contributed by atoms with E-state index in [9.17, 15) is 0 Å². The van der Waals surface area contributed by atoms with Gasteiger partial charge in [-0.15, -0.1) is 0 Å². The molecule has 2 nitrogen and oxygen atoms in total. The first-order chi connectivity index (χ1) is 7.69. The fourth-order valence-electron chi connectivity index (χ4n) is 2.40. The minimum atomic E-state index is 0.255. The van der Waals surface area contributed by atoms with E-state index in [1.54, 1.807) is 7.11 Å². The van der Waals surface area contributed by atoms with Gasteiger partial charge in [-0.1, -0.05) is 24.3 Å². The van der Waals surface area contributed by atoms with Crippen LogP contribution in [0.3, 0.4) is 0 Å². The molecule has 1 aliphatic rings. The maximum absolute atomic E-state index is 6.09. The summed E-state index contributed by atoms with van der Waals surface area (Å²) < 4.78 is 5.11. The van der Waals surface area contributed by atoms with Gasteiger partial charge in [0.25, 0.3) is 0 Å². The van der Waals surface area contributed by atoms with Crippen molar-refractivity contribution >= 4 is 0 Å². The van der Waals surface area contributed by atoms with Crippen molar-refractivity contribution in [1.29, 1.82) is 0 Å². The molecule has 0 aliphatic heterocycles. The zero-order chi connectivity index (χ0) is 11.6. The third-order valence-electron chi connectivity index (χ3n) is 3.76. The Morgan fingerprint density at radius 2 is 2.19 bits per heavy atom. The molecule has 2 heteroatoms. The van der Waals surface area contributed by atoms with Gasteiger partial charge in [-0.05, 0) is 37.3 Å². The highest BCUT2D eigenvalue weighted by Crippen LogP contribution is 2.50. The SMILES string of the molecule is COCCc1cccc(C2(C(C)N)CC2)c1. The number of ether oxygens (including phenoxy) is 1. The summed E-state index contributed by atoms with van der Waals surface area (Å²) in [6, 6.07) is 9.08. The lowest BCUT2D eigenvalue weighted by Crippen LogP contribution is -2.31. The summed E-state index contributed by atoms with van der Waals surface area (Å²) in [5.74, 6) is 0. The number of benzene rings is 1. The minimum Gasteiger partial charge on any atom is -0.384 e. The first-order valence-electron chi connectivity index (χ1n) is 6.03. The lowest BCUT2D eigenvalue weighted by Gasteiger charge is -2.20. The molecule has 1 aromatic rings. The van der Waals surface area contributed by atoms with Crippen LogP contribution in [0.5, 0.6) is 0 Å². The average molecular weight is 219 g/mol. The molecule has 0 radical (unpaired) electrons. The number of hydrogen-bond acceptors (Lipinski definition) is 2. The van der Waals surface area contributed by atoms with Gasteiger partial charge in [-0.2, -0.15) is 0 Å². The maximum atomic E-state index is 6.09. The number of rotatable bonds is 5. The Labute approximate surface area is 97.8 Å². The van der Waals surface area contributed by atoms with Crippen molar-refractivity contribution in [1.82, 2.24) is 0 Å². The molecule has 0 spiro atoms. The van der Waals surface area contributed by atoms with Gasteiger partial charge in [0, 0.05) is 18.6 Å². The quantitative estimate of drug-likeness (QED) is 0.824. The summed E-state index contributed by atoms with van der Waals surface area (Å²) in [5, 5.41) is 0. The first kappa shape index (κ1) is 11.6. The van der Waals surface area contributed by atoms with Gasteiger partial charge in [-0.3, -0.25) is 0 Å². The van der Waals surface area contributed by atoms with Crippen molar-refractivity contribution in [2.75, 3.05) is 13.7 Å². The number of hydrogen-bond donors (Lipinski definition) is 1. The second kappa shape index (κ2) is 4.56. The molecule has 1 unspecified atom stereocenters. The van der Waals surface area contributed by atoms with Crippen LogP contribution in [0, 0.1) is 0 Å². The summed E-state index contributed by atoms with van der Waals surface area (Å²) >= 11 is 0. The third kappa shape index (κ3) is 2.13. The van der Waals surface area contributed by atoms with E-state index in [1.807, 2.05) is 0 Å². The van der Waals surface area contributed by atoms with Crippen LogP contribution in [0.25, 0.3) is 0 Å². The highest BCUT2D eigenvalue weighted by Gasteiger charge is 2.47. The topological polar surface area (TPSA) is 35.2 Å². The second-order valence-corrected chi connectivity index (χ2v) is 4.89. The lowest BCUT2D eigenvalue weighted by molar-refractivity contribution is 0.202. The Morgan fingerprint density at radius 1 is 1.44 bits per heavy atom. The zero-order valence-corrected chi connectivity index (χ0v) is 10.2. The minimum absolute atomic E-state index is 0.255. The van der Waals surface area contributed by atoms with Crippen molar-refractivity contribution in [3.05, 3.63) is 35.4 Å². The Hall–Kier alpha value is -0.860. The fraction of sp³-hybridized carbons (Fsp3) is 0.571. The molecule has 1 saturated carbocycles. The monoisotopic (exact) mass is 219 g/mol. The Balaban J connectivity index is 2.16. The van der Waals surface area contributed by atoms with Gasteiger partial charge in [0.15, 0.2) is 0 Å². The molecule has 0 amide bonds. The molecule has 1 aliphatic carbocycles. The van der Waals surface area contributed by atoms with E-state index in [2.05, 4.69) is 31.2 Å². The second-order valence-electron chi connectivity index (χ2n) is 4.89. The molecular formula is C14H21NO. The predicted molar refractivity (Wildman–Crippen MR) is 66.6 cm³/mol. The molecule has 0 bridgehead atoms. The van der Waals surface area contributed by atoms with Crippen molar-refractivity contribution < 1.29 is 4.74 Å².